The summed E-state index contributed by atoms with van der Waals surface area (Å²) in [4.78, 5) is 33.8. The van der Waals surface area contributed by atoms with Crippen molar-refractivity contribution >= 4 is 23.2 Å². The fourth-order valence-corrected chi connectivity index (χ4v) is 4.12. The Morgan fingerprint density at radius 2 is 1.48 bits per heavy atom. The molecule has 2 aliphatic heterocycles. The van der Waals surface area contributed by atoms with Gasteiger partial charge in [0.05, 0.1) is 31.0 Å². The fraction of sp³-hybridized carbons (Fsp3) is 0.417. The van der Waals surface area contributed by atoms with Crippen molar-refractivity contribution in [3.63, 3.8) is 0 Å². The number of hydrogen-bond donors (Lipinski definition) is 0. The largest absolute Gasteiger partial charge is 0.378 e. The van der Waals surface area contributed by atoms with E-state index in [1.54, 1.807) is 0 Å². The highest BCUT2D eigenvalue weighted by Crippen LogP contribution is 2.28. The molecule has 4 rings (SSSR count). The second-order valence-corrected chi connectivity index (χ2v) is 7.97. The SMILES string of the molecule is CN(c1ccccc1)c1ccccc1C(=O)N1CCN(CC(=O)N2CCOCC2)CC1. The van der Waals surface area contributed by atoms with E-state index in [0.717, 1.165) is 11.4 Å². The molecular weight excluding hydrogens is 392 g/mol. The van der Waals surface area contributed by atoms with Crippen LogP contribution in [-0.2, 0) is 9.53 Å². The Balaban J connectivity index is 1.37. The molecule has 2 aliphatic rings. The maximum atomic E-state index is 13.3. The predicted molar refractivity (Wildman–Crippen MR) is 121 cm³/mol. The van der Waals surface area contributed by atoms with Crippen molar-refractivity contribution in [1.29, 1.82) is 0 Å². The molecule has 2 fully saturated rings. The Morgan fingerprint density at radius 1 is 0.839 bits per heavy atom. The minimum absolute atomic E-state index is 0.0394. The number of ether oxygens (including phenoxy) is 1. The van der Waals surface area contributed by atoms with E-state index in [1.807, 2.05) is 76.3 Å². The van der Waals surface area contributed by atoms with Crippen LogP contribution in [0.1, 0.15) is 10.4 Å². The van der Waals surface area contributed by atoms with Crippen molar-refractivity contribution in [2.45, 2.75) is 0 Å². The summed E-state index contributed by atoms with van der Waals surface area (Å²) in [6.45, 7) is 5.64. The molecule has 0 N–H and O–H groups in total. The molecule has 0 aliphatic carbocycles. The molecule has 0 unspecified atom stereocenters. The van der Waals surface area contributed by atoms with Gasteiger partial charge < -0.3 is 19.4 Å². The molecule has 0 bridgehead atoms. The van der Waals surface area contributed by atoms with Gasteiger partial charge in [-0.15, -0.1) is 0 Å². The van der Waals surface area contributed by atoms with Crippen LogP contribution < -0.4 is 4.90 Å². The van der Waals surface area contributed by atoms with Crippen LogP contribution in [0.3, 0.4) is 0 Å². The number of anilines is 2. The lowest BCUT2D eigenvalue weighted by Gasteiger charge is -2.36. The average Bonchev–Trinajstić information content (AvgIpc) is 2.84. The van der Waals surface area contributed by atoms with Crippen LogP contribution in [0.4, 0.5) is 11.4 Å². The van der Waals surface area contributed by atoms with E-state index in [9.17, 15) is 9.59 Å². The van der Waals surface area contributed by atoms with Crippen molar-refractivity contribution in [1.82, 2.24) is 14.7 Å². The minimum atomic E-state index is 0.0394. The highest BCUT2D eigenvalue weighted by molar-refractivity contribution is 6.00. The van der Waals surface area contributed by atoms with Crippen LogP contribution in [0.25, 0.3) is 0 Å². The normalized spacial score (nSPS) is 17.5. The Hall–Kier alpha value is -2.90. The summed E-state index contributed by atoms with van der Waals surface area (Å²) >= 11 is 0. The van der Waals surface area contributed by atoms with Crippen molar-refractivity contribution in [2.75, 3.05) is 71.0 Å². The summed E-state index contributed by atoms with van der Waals surface area (Å²) in [6.07, 6.45) is 0. The monoisotopic (exact) mass is 422 g/mol. The molecule has 164 valence electrons. The number of nitrogens with zero attached hydrogens (tertiary/aromatic N) is 4. The smallest absolute Gasteiger partial charge is 0.256 e. The number of morpholine rings is 1. The highest BCUT2D eigenvalue weighted by atomic mass is 16.5. The lowest BCUT2D eigenvalue weighted by Crippen LogP contribution is -2.52. The summed E-state index contributed by atoms with van der Waals surface area (Å²) < 4.78 is 5.32. The third kappa shape index (κ3) is 5.06. The molecule has 0 radical (unpaired) electrons. The summed E-state index contributed by atoms with van der Waals surface area (Å²) in [5.41, 5.74) is 2.63. The maximum Gasteiger partial charge on any atom is 0.256 e. The topological polar surface area (TPSA) is 56.3 Å². The Morgan fingerprint density at radius 3 is 2.19 bits per heavy atom. The average molecular weight is 423 g/mol. The molecule has 7 heteroatoms. The van der Waals surface area contributed by atoms with Gasteiger partial charge in [-0.25, -0.2) is 0 Å². The predicted octanol–water partition coefficient (Wildman–Crippen LogP) is 2.07. The highest BCUT2D eigenvalue weighted by Gasteiger charge is 2.27. The van der Waals surface area contributed by atoms with E-state index in [0.29, 0.717) is 64.6 Å². The van der Waals surface area contributed by atoms with E-state index >= 15 is 0 Å². The van der Waals surface area contributed by atoms with Crippen LogP contribution >= 0.6 is 0 Å². The fourth-order valence-electron chi connectivity index (χ4n) is 4.12. The molecule has 0 aromatic heterocycles. The second kappa shape index (κ2) is 9.94. The van der Waals surface area contributed by atoms with Crippen molar-refractivity contribution in [3.8, 4) is 0 Å². The molecule has 2 aromatic carbocycles. The Bertz CT molecular complexity index is 891. The lowest BCUT2D eigenvalue weighted by atomic mass is 10.1. The molecule has 0 atom stereocenters. The standard InChI is InChI=1S/C24H30N4O3/c1-25(20-7-3-2-4-8-20)22-10-6-5-9-21(22)24(30)28-13-11-26(12-14-28)19-23(29)27-15-17-31-18-16-27/h2-10H,11-19H2,1H3. The zero-order valence-electron chi connectivity index (χ0n) is 18.1. The molecule has 31 heavy (non-hydrogen) atoms. The number of rotatable bonds is 5. The zero-order chi connectivity index (χ0) is 21.6. The van der Waals surface area contributed by atoms with Crippen molar-refractivity contribution in [2.24, 2.45) is 0 Å². The second-order valence-electron chi connectivity index (χ2n) is 7.97. The molecule has 2 aromatic rings. The lowest BCUT2D eigenvalue weighted by molar-refractivity contribution is -0.136. The molecular formula is C24H30N4O3. The minimum Gasteiger partial charge on any atom is -0.378 e. The zero-order valence-corrected chi connectivity index (χ0v) is 18.1. The van der Waals surface area contributed by atoms with Gasteiger partial charge in [0, 0.05) is 52.0 Å². The van der Waals surface area contributed by atoms with Gasteiger partial charge in [-0.2, -0.15) is 0 Å². The first-order chi connectivity index (χ1) is 15.1. The molecule has 0 saturated carbocycles. The van der Waals surface area contributed by atoms with Gasteiger partial charge >= 0.3 is 0 Å². The third-order valence-corrected chi connectivity index (χ3v) is 6.02. The number of carbonyl (C=O) groups excluding carboxylic acids is 2. The van der Waals surface area contributed by atoms with Gasteiger partial charge in [-0.3, -0.25) is 14.5 Å². The molecule has 2 saturated heterocycles. The first-order valence-corrected chi connectivity index (χ1v) is 10.9. The summed E-state index contributed by atoms with van der Waals surface area (Å²) in [6, 6.07) is 17.8. The quantitative estimate of drug-likeness (QED) is 0.739. The van der Waals surface area contributed by atoms with E-state index < -0.39 is 0 Å². The molecule has 2 amide bonds. The first-order valence-electron chi connectivity index (χ1n) is 10.9. The van der Waals surface area contributed by atoms with Gasteiger partial charge in [0.2, 0.25) is 5.91 Å². The number of hydrogen-bond acceptors (Lipinski definition) is 5. The van der Waals surface area contributed by atoms with E-state index in [1.165, 1.54) is 0 Å². The van der Waals surface area contributed by atoms with E-state index in [-0.39, 0.29) is 11.8 Å². The van der Waals surface area contributed by atoms with E-state index in [4.69, 9.17) is 4.74 Å². The summed E-state index contributed by atoms with van der Waals surface area (Å²) in [5, 5.41) is 0. The van der Waals surface area contributed by atoms with Crippen LogP contribution in [0.5, 0.6) is 0 Å². The van der Waals surface area contributed by atoms with E-state index in [2.05, 4.69) is 4.90 Å². The van der Waals surface area contributed by atoms with Gasteiger partial charge in [0.15, 0.2) is 0 Å². The van der Waals surface area contributed by atoms with Gasteiger partial charge in [0.1, 0.15) is 0 Å². The van der Waals surface area contributed by atoms with Crippen molar-refractivity contribution in [3.05, 3.63) is 60.2 Å². The van der Waals surface area contributed by atoms with Crippen LogP contribution in [0, 0.1) is 0 Å². The van der Waals surface area contributed by atoms with Gasteiger partial charge in [-0.05, 0) is 24.3 Å². The Labute approximate surface area is 183 Å². The van der Waals surface area contributed by atoms with Gasteiger partial charge in [-0.1, -0.05) is 30.3 Å². The van der Waals surface area contributed by atoms with Crippen molar-refractivity contribution < 1.29 is 14.3 Å². The maximum absolute atomic E-state index is 13.3. The van der Waals surface area contributed by atoms with Crippen LogP contribution in [0.2, 0.25) is 0 Å². The first kappa shape index (κ1) is 21.3. The van der Waals surface area contributed by atoms with Crippen LogP contribution in [-0.4, -0.2) is 92.6 Å². The summed E-state index contributed by atoms with van der Waals surface area (Å²) in [7, 11) is 1.98. The van der Waals surface area contributed by atoms with Crippen LogP contribution in [0.15, 0.2) is 54.6 Å². The number of benzene rings is 2. The van der Waals surface area contributed by atoms with Gasteiger partial charge in [0.25, 0.3) is 5.91 Å². The number of amides is 2. The summed E-state index contributed by atoms with van der Waals surface area (Å²) in [5.74, 6) is 0.190. The third-order valence-electron chi connectivity index (χ3n) is 6.02. The Kier molecular flexibility index (Phi) is 6.84. The number of para-hydroxylation sites is 2. The molecule has 2 heterocycles. The number of carbonyl (C=O) groups is 2. The molecule has 0 spiro atoms. The number of piperazine rings is 1. The molecule has 7 nitrogen and oxygen atoms in total.